The zero-order valence-corrected chi connectivity index (χ0v) is 12.0. The van der Waals surface area contributed by atoms with Crippen molar-refractivity contribution in [2.45, 2.75) is 32.6 Å². The van der Waals surface area contributed by atoms with E-state index in [1.807, 2.05) is 4.68 Å². The predicted octanol–water partition coefficient (Wildman–Crippen LogP) is 3.40. The van der Waals surface area contributed by atoms with Gasteiger partial charge in [-0.15, -0.1) is 0 Å². The minimum Gasteiger partial charge on any atom is -0.382 e. The lowest BCUT2D eigenvalue weighted by Crippen LogP contribution is -2.08. The summed E-state index contributed by atoms with van der Waals surface area (Å²) in [6, 6.07) is 6.32. The van der Waals surface area contributed by atoms with Gasteiger partial charge in [0.1, 0.15) is 5.82 Å². The van der Waals surface area contributed by atoms with Crippen LogP contribution in [0.4, 0.5) is 5.82 Å². The lowest BCUT2D eigenvalue weighted by atomic mass is 9.97. The smallest absolute Gasteiger partial charge is 0.149 e. The highest BCUT2D eigenvalue weighted by molar-refractivity contribution is 9.10. The largest absolute Gasteiger partial charge is 0.382 e. The molecular weight excluding hydrogens is 290 g/mol. The molecule has 2 N–H and O–H groups in total. The Hall–Kier alpha value is -1.29. The van der Waals surface area contributed by atoms with E-state index in [0.717, 1.165) is 23.0 Å². The standard InChI is InChI=1S/C14H16BrN3/c1-9-6-7-13(11(15)8-9)18-12-5-3-2-4-10(12)14(16)17-18/h6-8H,2-5H2,1H3,(H2,16,17). The number of aromatic nitrogens is 2. The number of nitrogens with two attached hydrogens (primary N) is 1. The van der Waals surface area contributed by atoms with E-state index in [4.69, 9.17) is 5.73 Å². The Bertz CT molecular complexity index is 601. The zero-order chi connectivity index (χ0) is 12.7. The van der Waals surface area contributed by atoms with Crippen molar-refractivity contribution in [2.75, 3.05) is 5.73 Å². The van der Waals surface area contributed by atoms with Gasteiger partial charge in [-0.3, -0.25) is 0 Å². The van der Waals surface area contributed by atoms with Crippen LogP contribution in [-0.4, -0.2) is 9.78 Å². The molecule has 1 aliphatic rings. The number of nitrogens with zero attached hydrogens (tertiary/aromatic N) is 2. The molecule has 1 aromatic carbocycles. The molecule has 0 spiro atoms. The monoisotopic (exact) mass is 305 g/mol. The minimum absolute atomic E-state index is 0.692. The molecule has 1 heterocycles. The summed E-state index contributed by atoms with van der Waals surface area (Å²) >= 11 is 3.62. The molecule has 0 bridgehead atoms. The van der Waals surface area contributed by atoms with Crippen LogP contribution in [-0.2, 0) is 12.8 Å². The zero-order valence-electron chi connectivity index (χ0n) is 10.4. The third-order valence-electron chi connectivity index (χ3n) is 3.54. The van der Waals surface area contributed by atoms with Crippen molar-refractivity contribution in [1.29, 1.82) is 0 Å². The number of hydrogen-bond acceptors (Lipinski definition) is 2. The highest BCUT2D eigenvalue weighted by Crippen LogP contribution is 2.31. The lowest BCUT2D eigenvalue weighted by Gasteiger charge is -2.14. The molecule has 1 aromatic heterocycles. The van der Waals surface area contributed by atoms with Crippen molar-refractivity contribution in [2.24, 2.45) is 0 Å². The van der Waals surface area contributed by atoms with Crippen molar-refractivity contribution in [1.82, 2.24) is 9.78 Å². The second-order valence-corrected chi connectivity index (χ2v) is 5.74. The quantitative estimate of drug-likeness (QED) is 0.877. The van der Waals surface area contributed by atoms with Crippen LogP contribution in [0.15, 0.2) is 22.7 Å². The Morgan fingerprint density at radius 3 is 2.83 bits per heavy atom. The maximum Gasteiger partial charge on any atom is 0.149 e. The van der Waals surface area contributed by atoms with Crippen molar-refractivity contribution < 1.29 is 0 Å². The number of nitrogen functional groups attached to an aromatic ring is 1. The first kappa shape index (κ1) is 11.8. The first-order valence-corrected chi connectivity index (χ1v) is 7.09. The summed E-state index contributed by atoms with van der Waals surface area (Å²) in [6.07, 6.45) is 4.57. The van der Waals surface area contributed by atoms with Crippen molar-refractivity contribution in [3.63, 3.8) is 0 Å². The normalized spacial score (nSPS) is 14.6. The third-order valence-corrected chi connectivity index (χ3v) is 4.18. The van der Waals surface area contributed by atoms with Gasteiger partial charge in [0.15, 0.2) is 0 Å². The summed E-state index contributed by atoms with van der Waals surface area (Å²) in [6.45, 7) is 2.08. The van der Waals surface area contributed by atoms with E-state index in [-0.39, 0.29) is 0 Å². The van der Waals surface area contributed by atoms with Gasteiger partial charge < -0.3 is 5.73 Å². The molecule has 3 rings (SSSR count). The number of anilines is 1. The summed E-state index contributed by atoms with van der Waals surface area (Å²) in [5.74, 6) is 0.692. The molecular formula is C14H16BrN3. The van der Waals surface area contributed by atoms with Gasteiger partial charge >= 0.3 is 0 Å². The van der Waals surface area contributed by atoms with Gasteiger partial charge in [-0.1, -0.05) is 6.07 Å². The summed E-state index contributed by atoms with van der Waals surface area (Å²) < 4.78 is 3.08. The third kappa shape index (κ3) is 1.85. The molecule has 0 amide bonds. The number of rotatable bonds is 1. The van der Waals surface area contributed by atoms with Gasteiger partial charge in [0.25, 0.3) is 0 Å². The van der Waals surface area contributed by atoms with E-state index in [1.54, 1.807) is 0 Å². The average molecular weight is 306 g/mol. The molecule has 18 heavy (non-hydrogen) atoms. The number of fused-ring (bicyclic) bond motifs is 1. The molecule has 0 saturated carbocycles. The Kier molecular flexibility index (Phi) is 2.90. The van der Waals surface area contributed by atoms with E-state index < -0.39 is 0 Å². The number of benzene rings is 1. The van der Waals surface area contributed by atoms with E-state index in [1.165, 1.54) is 29.7 Å². The van der Waals surface area contributed by atoms with E-state index >= 15 is 0 Å². The van der Waals surface area contributed by atoms with Crippen LogP contribution >= 0.6 is 15.9 Å². The maximum absolute atomic E-state index is 6.03. The van der Waals surface area contributed by atoms with Crippen LogP contribution in [0.5, 0.6) is 0 Å². The summed E-state index contributed by atoms with van der Waals surface area (Å²) in [5, 5.41) is 4.52. The SMILES string of the molecule is Cc1ccc(-n2nc(N)c3c2CCCC3)c(Br)c1. The second-order valence-electron chi connectivity index (χ2n) is 4.88. The average Bonchev–Trinajstić information content (AvgIpc) is 2.68. The summed E-state index contributed by atoms with van der Waals surface area (Å²) in [7, 11) is 0. The van der Waals surface area contributed by atoms with Crippen molar-refractivity contribution in [3.8, 4) is 5.69 Å². The van der Waals surface area contributed by atoms with Gasteiger partial charge in [-0.2, -0.15) is 5.10 Å². The molecule has 2 aromatic rings. The number of hydrogen-bond donors (Lipinski definition) is 1. The molecule has 4 heteroatoms. The Balaban J connectivity index is 2.17. The van der Waals surface area contributed by atoms with Gasteiger partial charge in [0, 0.05) is 15.7 Å². The molecule has 0 saturated heterocycles. The molecule has 94 valence electrons. The van der Waals surface area contributed by atoms with E-state index in [9.17, 15) is 0 Å². The highest BCUT2D eigenvalue weighted by atomic mass is 79.9. The van der Waals surface area contributed by atoms with Gasteiger partial charge in [-0.05, 0) is 66.2 Å². The fourth-order valence-electron chi connectivity index (χ4n) is 2.61. The van der Waals surface area contributed by atoms with Crippen molar-refractivity contribution >= 4 is 21.7 Å². The van der Waals surface area contributed by atoms with Crippen molar-refractivity contribution in [3.05, 3.63) is 39.5 Å². The topological polar surface area (TPSA) is 43.8 Å². The molecule has 3 nitrogen and oxygen atoms in total. The number of halogens is 1. The maximum atomic E-state index is 6.03. The first-order valence-electron chi connectivity index (χ1n) is 6.29. The van der Waals surface area contributed by atoms with Gasteiger partial charge in [0.05, 0.1) is 5.69 Å². The minimum atomic E-state index is 0.692. The fourth-order valence-corrected chi connectivity index (χ4v) is 3.27. The Morgan fingerprint density at radius 2 is 2.06 bits per heavy atom. The number of aryl methyl sites for hydroxylation is 1. The Morgan fingerprint density at radius 1 is 1.28 bits per heavy atom. The van der Waals surface area contributed by atoms with Crippen LogP contribution in [0.25, 0.3) is 5.69 Å². The molecule has 0 fully saturated rings. The lowest BCUT2D eigenvalue weighted by molar-refractivity contribution is 0.653. The van der Waals surface area contributed by atoms with Crippen LogP contribution < -0.4 is 5.73 Å². The molecule has 1 aliphatic carbocycles. The Labute approximate surface area is 115 Å². The van der Waals surface area contributed by atoms with Crippen LogP contribution in [0.3, 0.4) is 0 Å². The van der Waals surface area contributed by atoms with Crippen LogP contribution in [0.1, 0.15) is 29.7 Å². The predicted molar refractivity (Wildman–Crippen MR) is 77.1 cm³/mol. The molecule has 0 atom stereocenters. The molecule has 0 radical (unpaired) electrons. The van der Waals surface area contributed by atoms with Crippen LogP contribution in [0.2, 0.25) is 0 Å². The van der Waals surface area contributed by atoms with Gasteiger partial charge in [0.2, 0.25) is 0 Å². The van der Waals surface area contributed by atoms with Gasteiger partial charge in [-0.25, -0.2) is 4.68 Å². The summed E-state index contributed by atoms with van der Waals surface area (Å²) in [5.41, 5.74) is 10.9. The first-order chi connectivity index (χ1) is 8.66. The van der Waals surface area contributed by atoms with E-state index in [0.29, 0.717) is 5.82 Å². The molecule has 0 aliphatic heterocycles. The van der Waals surface area contributed by atoms with E-state index in [2.05, 4.69) is 46.2 Å². The summed E-state index contributed by atoms with van der Waals surface area (Å²) in [4.78, 5) is 0. The molecule has 0 unspecified atom stereocenters. The van der Waals surface area contributed by atoms with Crippen LogP contribution in [0, 0.1) is 6.92 Å². The second kappa shape index (κ2) is 4.43. The fraction of sp³-hybridized carbons (Fsp3) is 0.357. The highest BCUT2D eigenvalue weighted by Gasteiger charge is 2.20.